The number of aromatic nitrogens is 4. The third-order valence-corrected chi connectivity index (χ3v) is 8.28. The molecule has 188 valence electrons. The molecule has 5 aromatic rings. The molecular formula is C28H28N6O2S. The second kappa shape index (κ2) is 9.83. The lowest BCUT2D eigenvalue weighted by atomic mass is 10.1. The first-order valence-corrected chi connectivity index (χ1v) is 13.6. The van der Waals surface area contributed by atoms with E-state index in [1.807, 2.05) is 18.3 Å². The number of morpholine rings is 2. The van der Waals surface area contributed by atoms with Gasteiger partial charge in [0.05, 0.1) is 48.4 Å². The fourth-order valence-corrected chi connectivity index (χ4v) is 6.28. The van der Waals surface area contributed by atoms with Crippen LogP contribution in [0.1, 0.15) is 5.56 Å². The SMILES string of the molecule is c1cc(CN2CCOCC2)cc(-c2cc3nc(-c4cccc5[nH]ncc45)nc(N4CCOCC4)c3s2)c1. The van der Waals surface area contributed by atoms with Crippen LogP contribution in [0.3, 0.4) is 0 Å². The highest BCUT2D eigenvalue weighted by molar-refractivity contribution is 7.22. The highest BCUT2D eigenvalue weighted by Crippen LogP contribution is 2.39. The van der Waals surface area contributed by atoms with Crippen molar-refractivity contribution < 1.29 is 9.47 Å². The van der Waals surface area contributed by atoms with Crippen molar-refractivity contribution >= 4 is 38.3 Å². The van der Waals surface area contributed by atoms with Gasteiger partial charge in [0.25, 0.3) is 0 Å². The molecule has 9 heteroatoms. The number of nitrogens with one attached hydrogen (secondary N) is 1. The number of anilines is 1. The van der Waals surface area contributed by atoms with Gasteiger partial charge in [0.1, 0.15) is 0 Å². The van der Waals surface area contributed by atoms with Gasteiger partial charge in [-0.25, -0.2) is 9.97 Å². The van der Waals surface area contributed by atoms with Crippen molar-refractivity contribution in [2.45, 2.75) is 6.54 Å². The summed E-state index contributed by atoms with van der Waals surface area (Å²) in [5.74, 6) is 1.72. The maximum Gasteiger partial charge on any atom is 0.162 e. The molecule has 0 radical (unpaired) electrons. The van der Waals surface area contributed by atoms with Crippen molar-refractivity contribution in [3.8, 4) is 21.8 Å². The van der Waals surface area contributed by atoms with Gasteiger partial charge in [0, 0.05) is 48.6 Å². The molecule has 0 atom stereocenters. The summed E-state index contributed by atoms with van der Waals surface area (Å²) in [6, 6.07) is 17.2. The van der Waals surface area contributed by atoms with Crippen LogP contribution in [0.4, 0.5) is 5.82 Å². The first kappa shape index (κ1) is 22.8. The second-order valence-electron chi connectivity index (χ2n) is 9.52. The first-order chi connectivity index (χ1) is 18.3. The van der Waals surface area contributed by atoms with Crippen molar-refractivity contribution in [1.82, 2.24) is 25.1 Å². The van der Waals surface area contributed by atoms with Gasteiger partial charge in [-0.15, -0.1) is 11.3 Å². The van der Waals surface area contributed by atoms with Crippen LogP contribution in [0.25, 0.3) is 42.9 Å². The van der Waals surface area contributed by atoms with Gasteiger partial charge in [-0.2, -0.15) is 5.10 Å². The lowest BCUT2D eigenvalue weighted by Crippen LogP contribution is -2.36. The number of fused-ring (bicyclic) bond motifs is 2. The molecule has 2 aliphatic rings. The minimum Gasteiger partial charge on any atom is -0.379 e. The van der Waals surface area contributed by atoms with E-state index in [0.29, 0.717) is 13.2 Å². The molecule has 0 saturated carbocycles. The van der Waals surface area contributed by atoms with Crippen molar-refractivity contribution in [2.24, 2.45) is 0 Å². The van der Waals surface area contributed by atoms with E-state index < -0.39 is 0 Å². The monoisotopic (exact) mass is 512 g/mol. The van der Waals surface area contributed by atoms with Gasteiger partial charge in [-0.1, -0.05) is 30.3 Å². The summed E-state index contributed by atoms with van der Waals surface area (Å²) in [5, 5.41) is 8.33. The van der Waals surface area contributed by atoms with E-state index in [9.17, 15) is 0 Å². The molecule has 2 fully saturated rings. The maximum atomic E-state index is 5.64. The summed E-state index contributed by atoms with van der Waals surface area (Å²) in [7, 11) is 0. The standard InChI is InChI=1S/C28H28N6O2S/c1-3-19(18-33-7-11-35-12-8-33)15-20(4-1)25-16-24-26(37-25)28(34-9-13-36-14-10-34)31-27(30-24)21-5-2-6-23-22(21)17-29-32-23/h1-6,15-17H,7-14,18H2,(H,29,32). The Balaban J connectivity index is 1.31. The zero-order chi connectivity index (χ0) is 24.6. The lowest BCUT2D eigenvalue weighted by molar-refractivity contribution is 0.0342. The number of ether oxygens (including phenoxy) is 2. The Hall–Kier alpha value is -3.37. The summed E-state index contributed by atoms with van der Waals surface area (Å²) in [6.45, 7) is 7.60. The molecule has 0 spiro atoms. The lowest BCUT2D eigenvalue weighted by Gasteiger charge is -2.28. The summed E-state index contributed by atoms with van der Waals surface area (Å²) in [4.78, 5) is 16.2. The van der Waals surface area contributed by atoms with Gasteiger partial charge in [-0.3, -0.25) is 10.00 Å². The maximum absolute atomic E-state index is 5.64. The van der Waals surface area contributed by atoms with Crippen molar-refractivity contribution in [1.29, 1.82) is 0 Å². The molecule has 2 aromatic carbocycles. The third kappa shape index (κ3) is 4.48. The van der Waals surface area contributed by atoms with Crippen LogP contribution in [0.2, 0.25) is 0 Å². The number of rotatable bonds is 5. The molecule has 0 aliphatic carbocycles. The van der Waals surface area contributed by atoms with E-state index in [1.165, 1.54) is 16.0 Å². The van der Waals surface area contributed by atoms with Crippen LogP contribution in [0.5, 0.6) is 0 Å². The van der Waals surface area contributed by atoms with Crippen molar-refractivity contribution in [3.05, 3.63) is 60.3 Å². The van der Waals surface area contributed by atoms with E-state index in [-0.39, 0.29) is 0 Å². The Bertz CT molecular complexity index is 1550. The summed E-state index contributed by atoms with van der Waals surface area (Å²) in [5.41, 5.74) is 5.49. The molecule has 2 saturated heterocycles. The normalized spacial score (nSPS) is 17.1. The molecule has 2 aliphatic heterocycles. The average Bonchev–Trinajstić information content (AvgIpc) is 3.61. The number of H-pyrrole nitrogens is 1. The average molecular weight is 513 g/mol. The van der Waals surface area contributed by atoms with Gasteiger partial charge in [0.15, 0.2) is 11.6 Å². The van der Waals surface area contributed by atoms with Gasteiger partial charge < -0.3 is 14.4 Å². The highest BCUT2D eigenvalue weighted by atomic mass is 32.1. The number of hydrogen-bond donors (Lipinski definition) is 1. The minimum atomic E-state index is 0.708. The topological polar surface area (TPSA) is 79.4 Å². The molecule has 0 unspecified atom stereocenters. The summed E-state index contributed by atoms with van der Waals surface area (Å²) >= 11 is 1.78. The van der Waals surface area contributed by atoms with Gasteiger partial charge in [-0.05, 0) is 29.3 Å². The minimum absolute atomic E-state index is 0.708. The predicted octanol–water partition coefficient (Wildman–Crippen LogP) is 4.57. The van der Waals surface area contributed by atoms with Crippen LogP contribution in [0.15, 0.2) is 54.7 Å². The summed E-state index contributed by atoms with van der Waals surface area (Å²) in [6.07, 6.45) is 1.85. The largest absolute Gasteiger partial charge is 0.379 e. The second-order valence-corrected chi connectivity index (χ2v) is 10.6. The van der Waals surface area contributed by atoms with E-state index in [1.54, 1.807) is 11.3 Å². The Morgan fingerprint density at radius 2 is 1.70 bits per heavy atom. The molecule has 37 heavy (non-hydrogen) atoms. The van der Waals surface area contributed by atoms with Gasteiger partial charge in [0.2, 0.25) is 0 Å². The molecule has 0 bridgehead atoms. The zero-order valence-corrected chi connectivity index (χ0v) is 21.3. The quantitative estimate of drug-likeness (QED) is 0.370. The van der Waals surface area contributed by atoms with Crippen LogP contribution in [0, 0.1) is 0 Å². The van der Waals surface area contributed by atoms with Crippen LogP contribution in [-0.2, 0) is 16.0 Å². The van der Waals surface area contributed by atoms with E-state index in [4.69, 9.17) is 19.4 Å². The van der Waals surface area contributed by atoms with Crippen LogP contribution < -0.4 is 4.90 Å². The van der Waals surface area contributed by atoms with E-state index in [0.717, 1.165) is 84.3 Å². The van der Waals surface area contributed by atoms with Gasteiger partial charge >= 0.3 is 0 Å². The smallest absolute Gasteiger partial charge is 0.162 e. The van der Waals surface area contributed by atoms with Crippen molar-refractivity contribution in [3.63, 3.8) is 0 Å². The van der Waals surface area contributed by atoms with Crippen molar-refractivity contribution in [2.75, 3.05) is 57.5 Å². The Morgan fingerprint density at radius 3 is 2.57 bits per heavy atom. The first-order valence-electron chi connectivity index (χ1n) is 12.8. The molecule has 1 N–H and O–H groups in total. The van der Waals surface area contributed by atoms with E-state index >= 15 is 0 Å². The number of hydrogen-bond acceptors (Lipinski definition) is 8. The molecule has 3 aromatic heterocycles. The number of aromatic amines is 1. The number of nitrogens with zero attached hydrogens (tertiary/aromatic N) is 5. The van der Waals surface area contributed by atoms with Crippen LogP contribution in [-0.4, -0.2) is 77.7 Å². The summed E-state index contributed by atoms with van der Waals surface area (Å²) < 4.78 is 12.3. The molecule has 8 nitrogen and oxygen atoms in total. The Kier molecular flexibility index (Phi) is 6.06. The van der Waals surface area contributed by atoms with E-state index in [2.05, 4.69) is 56.4 Å². The van der Waals surface area contributed by atoms with Crippen LogP contribution >= 0.6 is 11.3 Å². The highest BCUT2D eigenvalue weighted by Gasteiger charge is 2.21. The third-order valence-electron chi connectivity index (χ3n) is 7.11. The Morgan fingerprint density at radius 1 is 0.892 bits per heavy atom. The molecule has 5 heterocycles. The number of benzene rings is 2. The zero-order valence-electron chi connectivity index (χ0n) is 20.5. The molecule has 0 amide bonds. The number of thiophene rings is 1. The molecule has 7 rings (SSSR count). The fraction of sp³-hybridized carbons (Fsp3) is 0.321. The molecular weight excluding hydrogens is 484 g/mol. The fourth-order valence-electron chi connectivity index (χ4n) is 5.17. The Labute approximate surface area is 218 Å². The predicted molar refractivity (Wildman–Crippen MR) is 147 cm³/mol.